The quantitative estimate of drug-likeness (QED) is 0.782. The molecule has 2 rings (SSSR count). The summed E-state index contributed by atoms with van der Waals surface area (Å²) in [6.45, 7) is 3.94. The second-order valence-corrected chi connectivity index (χ2v) is 5.87. The summed E-state index contributed by atoms with van der Waals surface area (Å²) in [6.07, 6.45) is 2.88. The van der Waals surface area contributed by atoms with E-state index in [1.807, 2.05) is 17.0 Å². The minimum atomic E-state index is 0.279. The fourth-order valence-corrected chi connectivity index (χ4v) is 3.18. The molecular formula is C15H20BrNO. The van der Waals surface area contributed by atoms with E-state index < -0.39 is 0 Å². The molecule has 0 radical (unpaired) electrons. The van der Waals surface area contributed by atoms with E-state index in [-0.39, 0.29) is 5.91 Å². The van der Waals surface area contributed by atoms with E-state index >= 15 is 0 Å². The Hall–Kier alpha value is -0.830. The van der Waals surface area contributed by atoms with Crippen LogP contribution in [0.15, 0.2) is 24.3 Å². The van der Waals surface area contributed by atoms with Crippen molar-refractivity contribution >= 4 is 21.8 Å². The van der Waals surface area contributed by atoms with Crippen molar-refractivity contribution in [2.75, 3.05) is 18.4 Å². The van der Waals surface area contributed by atoms with Crippen LogP contribution in [0.5, 0.6) is 0 Å². The normalized spacial score (nSPS) is 19.2. The number of nitrogens with zero attached hydrogens (tertiary/aromatic N) is 1. The lowest BCUT2D eigenvalue weighted by molar-refractivity contribution is -0.129. The average Bonchev–Trinajstić information content (AvgIpc) is 2.81. The molecule has 18 heavy (non-hydrogen) atoms. The lowest BCUT2D eigenvalue weighted by Crippen LogP contribution is -2.30. The van der Waals surface area contributed by atoms with Gasteiger partial charge in [-0.3, -0.25) is 4.79 Å². The molecule has 1 atom stereocenters. The Bertz CT molecular complexity index is 419. The topological polar surface area (TPSA) is 20.3 Å². The number of hydrogen-bond acceptors (Lipinski definition) is 1. The van der Waals surface area contributed by atoms with Crippen LogP contribution in [0.3, 0.4) is 0 Å². The van der Waals surface area contributed by atoms with Gasteiger partial charge in [0.05, 0.1) is 6.42 Å². The Morgan fingerprint density at radius 2 is 2.22 bits per heavy atom. The molecule has 1 aliphatic rings. The van der Waals surface area contributed by atoms with E-state index in [0.717, 1.165) is 30.4 Å². The van der Waals surface area contributed by atoms with Crippen molar-refractivity contribution in [1.82, 2.24) is 4.90 Å². The molecule has 0 aromatic heterocycles. The standard InChI is InChI=1S/C15H20BrNO/c1-12-4-2-3-5-14(12)10-15(18)17-9-7-13(11-17)6-8-16/h2-5,13H,6-11H2,1H3. The van der Waals surface area contributed by atoms with E-state index in [4.69, 9.17) is 0 Å². The molecule has 0 N–H and O–H groups in total. The molecule has 1 saturated heterocycles. The Balaban J connectivity index is 1.91. The molecule has 3 heteroatoms. The largest absolute Gasteiger partial charge is 0.342 e. The molecule has 1 aliphatic heterocycles. The van der Waals surface area contributed by atoms with Crippen molar-refractivity contribution in [3.8, 4) is 0 Å². The number of aryl methyl sites for hydroxylation is 1. The maximum atomic E-state index is 12.2. The van der Waals surface area contributed by atoms with Crippen LogP contribution in [-0.4, -0.2) is 29.2 Å². The highest BCUT2D eigenvalue weighted by molar-refractivity contribution is 9.09. The van der Waals surface area contributed by atoms with Crippen LogP contribution >= 0.6 is 15.9 Å². The van der Waals surface area contributed by atoms with Gasteiger partial charge in [0.25, 0.3) is 0 Å². The summed E-state index contributed by atoms with van der Waals surface area (Å²) in [5.74, 6) is 0.964. The molecule has 1 aromatic rings. The van der Waals surface area contributed by atoms with E-state index in [1.54, 1.807) is 0 Å². The second-order valence-electron chi connectivity index (χ2n) is 5.08. The fourth-order valence-electron chi connectivity index (χ4n) is 2.53. The molecule has 1 heterocycles. The van der Waals surface area contributed by atoms with Gasteiger partial charge >= 0.3 is 0 Å². The summed E-state index contributed by atoms with van der Waals surface area (Å²) in [7, 11) is 0. The lowest BCUT2D eigenvalue weighted by Gasteiger charge is -2.17. The molecule has 1 amide bonds. The van der Waals surface area contributed by atoms with Crippen LogP contribution in [0.2, 0.25) is 0 Å². The van der Waals surface area contributed by atoms with Crippen LogP contribution in [0.1, 0.15) is 24.0 Å². The number of carbonyl (C=O) groups is 1. The third-order valence-electron chi connectivity index (χ3n) is 3.76. The van der Waals surface area contributed by atoms with Crippen LogP contribution in [0.25, 0.3) is 0 Å². The Morgan fingerprint density at radius 1 is 1.44 bits per heavy atom. The number of halogens is 1. The molecule has 0 saturated carbocycles. The van der Waals surface area contributed by atoms with Gasteiger partial charge < -0.3 is 4.90 Å². The van der Waals surface area contributed by atoms with Crippen LogP contribution < -0.4 is 0 Å². The zero-order valence-electron chi connectivity index (χ0n) is 10.9. The molecule has 2 nitrogen and oxygen atoms in total. The number of alkyl halides is 1. The van der Waals surface area contributed by atoms with Crippen LogP contribution in [-0.2, 0) is 11.2 Å². The first-order valence-electron chi connectivity index (χ1n) is 6.59. The summed E-state index contributed by atoms with van der Waals surface area (Å²) in [4.78, 5) is 14.3. The Kier molecular flexibility index (Phi) is 4.81. The summed E-state index contributed by atoms with van der Waals surface area (Å²) < 4.78 is 0. The van der Waals surface area contributed by atoms with Gasteiger partial charge in [-0.2, -0.15) is 0 Å². The smallest absolute Gasteiger partial charge is 0.227 e. The van der Waals surface area contributed by atoms with Crippen LogP contribution in [0, 0.1) is 12.8 Å². The number of hydrogen-bond donors (Lipinski definition) is 0. The van der Waals surface area contributed by atoms with E-state index in [2.05, 4.69) is 35.0 Å². The van der Waals surface area contributed by atoms with Crippen molar-refractivity contribution < 1.29 is 4.79 Å². The van der Waals surface area contributed by atoms with E-state index in [9.17, 15) is 4.79 Å². The Morgan fingerprint density at radius 3 is 2.94 bits per heavy atom. The van der Waals surface area contributed by atoms with Crippen LogP contribution in [0.4, 0.5) is 0 Å². The fraction of sp³-hybridized carbons (Fsp3) is 0.533. The highest BCUT2D eigenvalue weighted by Crippen LogP contribution is 2.21. The first-order chi connectivity index (χ1) is 8.70. The van der Waals surface area contributed by atoms with E-state index in [0.29, 0.717) is 12.3 Å². The lowest BCUT2D eigenvalue weighted by atomic mass is 10.1. The molecule has 1 aromatic carbocycles. The molecule has 0 bridgehead atoms. The zero-order valence-corrected chi connectivity index (χ0v) is 12.4. The number of rotatable bonds is 4. The Labute approximate surface area is 117 Å². The SMILES string of the molecule is Cc1ccccc1CC(=O)N1CCC(CCBr)C1. The predicted molar refractivity (Wildman–Crippen MR) is 78.0 cm³/mol. The minimum Gasteiger partial charge on any atom is -0.342 e. The summed E-state index contributed by atoms with van der Waals surface area (Å²) >= 11 is 3.48. The summed E-state index contributed by atoms with van der Waals surface area (Å²) in [5.41, 5.74) is 2.37. The highest BCUT2D eigenvalue weighted by atomic mass is 79.9. The second kappa shape index (κ2) is 6.37. The average molecular weight is 310 g/mol. The van der Waals surface area contributed by atoms with Gasteiger partial charge in [-0.05, 0) is 36.8 Å². The number of likely N-dealkylation sites (tertiary alicyclic amines) is 1. The third-order valence-corrected chi connectivity index (χ3v) is 4.22. The van der Waals surface area contributed by atoms with Crippen molar-refractivity contribution in [2.24, 2.45) is 5.92 Å². The predicted octanol–water partition coefficient (Wildman–Crippen LogP) is 3.17. The van der Waals surface area contributed by atoms with E-state index in [1.165, 1.54) is 12.0 Å². The maximum Gasteiger partial charge on any atom is 0.227 e. The monoisotopic (exact) mass is 309 g/mol. The first kappa shape index (κ1) is 13.6. The van der Waals surface area contributed by atoms with Gasteiger partial charge in [0.15, 0.2) is 0 Å². The first-order valence-corrected chi connectivity index (χ1v) is 7.71. The van der Waals surface area contributed by atoms with Crippen molar-refractivity contribution in [3.05, 3.63) is 35.4 Å². The van der Waals surface area contributed by atoms with Gasteiger partial charge in [-0.25, -0.2) is 0 Å². The van der Waals surface area contributed by atoms with Crippen molar-refractivity contribution in [3.63, 3.8) is 0 Å². The molecule has 1 fully saturated rings. The van der Waals surface area contributed by atoms with Gasteiger partial charge in [0.1, 0.15) is 0 Å². The number of carbonyl (C=O) groups excluding carboxylic acids is 1. The number of amides is 1. The summed E-state index contributed by atoms with van der Waals surface area (Å²) in [5, 5.41) is 1.04. The highest BCUT2D eigenvalue weighted by Gasteiger charge is 2.25. The molecule has 98 valence electrons. The molecule has 1 unspecified atom stereocenters. The number of benzene rings is 1. The van der Waals surface area contributed by atoms with Gasteiger partial charge in [0.2, 0.25) is 5.91 Å². The van der Waals surface area contributed by atoms with Crippen molar-refractivity contribution in [1.29, 1.82) is 0 Å². The van der Waals surface area contributed by atoms with Gasteiger partial charge in [0, 0.05) is 18.4 Å². The zero-order chi connectivity index (χ0) is 13.0. The summed E-state index contributed by atoms with van der Waals surface area (Å²) in [6, 6.07) is 8.15. The molecule has 0 aliphatic carbocycles. The molecule has 0 spiro atoms. The van der Waals surface area contributed by atoms with Gasteiger partial charge in [-0.15, -0.1) is 0 Å². The maximum absolute atomic E-state index is 12.2. The minimum absolute atomic E-state index is 0.279. The third kappa shape index (κ3) is 3.35. The van der Waals surface area contributed by atoms with Crippen molar-refractivity contribution in [2.45, 2.75) is 26.2 Å². The molecular weight excluding hydrogens is 290 g/mol. The van der Waals surface area contributed by atoms with Gasteiger partial charge in [-0.1, -0.05) is 40.2 Å².